The first kappa shape index (κ1) is 24.4. The minimum Gasteiger partial charge on any atom is -0.494 e. The first-order chi connectivity index (χ1) is 17.2. The maximum Gasteiger partial charge on any atom is 0.237 e. The first-order valence-electron chi connectivity index (χ1n) is 12.4. The Morgan fingerprint density at radius 3 is 2.61 bits per heavy atom. The van der Waals surface area contributed by atoms with Crippen molar-refractivity contribution < 1.29 is 18.3 Å². The molecule has 2 atom stereocenters. The lowest BCUT2D eigenvalue weighted by Gasteiger charge is -2.35. The fourth-order valence-corrected chi connectivity index (χ4v) is 4.93. The van der Waals surface area contributed by atoms with E-state index in [9.17, 15) is 9.18 Å². The maximum atomic E-state index is 15.4. The van der Waals surface area contributed by atoms with Crippen LogP contribution in [0.5, 0.6) is 5.75 Å². The zero-order chi connectivity index (χ0) is 25.4. The number of methoxy groups -OCH3 is 1. The van der Waals surface area contributed by atoms with Crippen LogP contribution in [0.2, 0.25) is 0 Å². The van der Waals surface area contributed by atoms with Crippen molar-refractivity contribution in [1.29, 1.82) is 0 Å². The number of allylic oxidation sites excluding steroid dienone is 4. The van der Waals surface area contributed by atoms with Crippen LogP contribution in [-0.2, 0) is 4.79 Å². The van der Waals surface area contributed by atoms with Gasteiger partial charge in [-0.25, -0.2) is 13.8 Å². The summed E-state index contributed by atoms with van der Waals surface area (Å²) in [6.45, 7) is 5.60. The van der Waals surface area contributed by atoms with Crippen LogP contribution in [0.15, 0.2) is 35.6 Å². The molecule has 10 heteroatoms. The Bertz CT molecular complexity index is 1230. The van der Waals surface area contributed by atoms with Crippen molar-refractivity contribution in [3.8, 4) is 5.75 Å². The molecule has 2 saturated heterocycles. The van der Waals surface area contributed by atoms with Gasteiger partial charge in [0.15, 0.2) is 17.2 Å². The lowest BCUT2D eigenvalue weighted by Crippen LogP contribution is -2.56. The summed E-state index contributed by atoms with van der Waals surface area (Å²) in [7, 11) is 1.40. The zero-order valence-electron chi connectivity index (χ0n) is 20.8. The predicted octanol–water partition coefficient (Wildman–Crippen LogP) is 3.60. The number of carbonyl (C=O) groups is 1. The van der Waals surface area contributed by atoms with Gasteiger partial charge in [-0.2, -0.15) is 4.98 Å². The first-order valence-corrected chi connectivity index (χ1v) is 12.4. The third-order valence-corrected chi connectivity index (χ3v) is 7.18. The van der Waals surface area contributed by atoms with Gasteiger partial charge in [-0.15, -0.1) is 0 Å². The van der Waals surface area contributed by atoms with Gasteiger partial charge in [-0.3, -0.25) is 4.79 Å². The average Bonchev–Trinajstić information content (AvgIpc) is 2.79. The summed E-state index contributed by atoms with van der Waals surface area (Å²) < 4.78 is 35.2. The molecule has 0 spiro atoms. The van der Waals surface area contributed by atoms with Crippen LogP contribution < -0.4 is 25.6 Å². The number of ether oxygens (including phenoxy) is 1. The summed E-state index contributed by atoms with van der Waals surface area (Å²) in [6.07, 6.45) is 6.23. The van der Waals surface area contributed by atoms with Crippen LogP contribution >= 0.6 is 0 Å². The van der Waals surface area contributed by atoms with Crippen molar-refractivity contribution in [3.05, 3.63) is 41.4 Å². The van der Waals surface area contributed by atoms with Gasteiger partial charge in [0.25, 0.3) is 0 Å². The number of rotatable bonds is 6. The number of halogens is 2. The Kier molecular flexibility index (Phi) is 6.55. The second kappa shape index (κ2) is 9.65. The molecule has 3 heterocycles. The van der Waals surface area contributed by atoms with E-state index in [2.05, 4.69) is 16.0 Å². The number of nitrogens with zero attached hydrogens (tertiary/aromatic N) is 3. The van der Waals surface area contributed by atoms with Crippen molar-refractivity contribution in [2.75, 3.05) is 37.0 Å². The highest BCUT2D eigenvalue weighted by Crippen LogP contribution is 2.36. The molecule has 2 aromatic rings. The van der Waals surface area contributed by atoms with E-state index in [1.807, 2.05) is 17.9 Å². The number of benzene rings is 1. The van der Waals surface area contributed by atoms with Gasteiger partial charge >= 0.3 is 0 Å². The van der Waals surface area contributed by atoms with Gasteiger partial charge in [0, 0.05) is 37.0 Å². The maximum absolute atomic E-state index is 15.4. The van der Waals surface area contributed by atoms with Crippen LogP contribution in [0.4, 0.5) is 20.5 Å². The zero-order valence-corrected chi connectivity index (χ0v) is 20.8. The second-order valence-electron chi connectivity index (χ2n) is 10.0. The normalized spacial score (nSPS) is 24.6. The molecule has 36 heavy (non-hydrogen) atoms. The van der Waals surface area contributed by atoms with Crippen molar-refractivity contribution >= 4 is 28.6 Å². The van der Waals surface area contributed by atoms with E-state index in [1.54, 1.807) is 6.08 Å². The number of alkyl halides is 1. The quantitative estimate of drug-likeness (QED) is 0.561. The van der Waals surface area contributed by atoms with Crippen LogP contribution in [0.3, 0.4) is 0 Å². The number of carbonyl (C=O) groups excluding carboxylic acids is 1. The van der Waals surface area contributed by atoms with E-state index in [1.165, 1.54) is 26.2 Å². The molecule has 8 nitrogen and oxygen atoms in total. The molecule has 1 aromatic carbocycles. The number of hydrogen-bond donors (Lipinski definition) is 3. The summed E-state index contributed by atoms with van der Waals surface area (Å²) >= 11 is 0. The number of hydrogen-bond acceptors (Lipinski definition) is 7. The molecule has 3 N–H and O–H groups in total. The molecule has 1 amide bonds. The smallest absolute Gasteiger partial charge is 0.237 e. The second-order valence-corrected chi connectivity index (χ2v) is 10.0. The molecule has 3 aliphatic rings. The molecule has 2 unspecified atom stereocenters. The molecular weight excluding hydrogens is 466 g/mol. The molecule has 1 aliphatic carbocycles. The number of piperidine rings is 1. The largest absolute Gasteiger partial charge is 0.494 e. The van der Waals surface area contributed by atoms with Crippen molar-refractivity contribution in [3.63, 3.8) is 0 Å². The minimum atomic E-state index is -1.60. The molecular formula is C26H32F2N6O2. The topological polar surface area (TPSA) is 91.4 Å². The van der Waals surface area contributed by atoms with Gasteiger partial charge in [-0.1, -0.05) is 11.6 Å². The average molecular weight is 499 g/mol. The Labute approximate surface area is 209 Å². The number of amides is 1. The third-order valence-electron chi connectivity index (χ3n) is 7.18. The lowest BCUT2D eigenvalue weighted by molar-refractivity contribution is -0.125. The van der Waals surface area contributed by atoms with Crippen molar-refractivity contribution in [2.45, 2.75) is 57.3 Å². The predicted molar refractivity (Wildman–Crippen MR) is 135 cm³/mol. The SMILES string of the molecule is COc1cc2nc(N3CCC(NC(=O)C4CCN4)CC3)nc(NC3=CC=C(C)CC3(C)F)c2cc1F. The molecule has 1 aromatic heterocycles. The fourth-order valence-electron chi connectivity index (χ4n) is 4.93. The van der Waals surface area contributed by atoms with Gasteiger partial charge in [0.05, 0.1) is 24.4 Å². The summed E-state index contributed by atoms with van der Waals surface area (Å²) in [6, 6.07) is 2.87. The summed E-state index contributed by atoms with van der Waals surface area (Å²) in [5, 5.41) is 9.83. The monoisotopic (exact) mass is 498 g/mol. The summed E-state index contributed by atoms with van der Waals surface area (Å²) in [4.78, 5) is 23.7. The molecule has 0 bridgehead atoms. The highest BCUT2D eigenvalue weighted by Gasteiger charge is 2.33. The molecule has 192 valence electrons. The number of fused-ring (bicyclic) bond motifs is 1. The van der Waals surface area contributed by atoms with E-state index < -0.39 is 11.5 Å². The van der Waals surface area contributed by atoms with Gasteiger partial charge in [0.1, 0.15) is 5.82 Å². The van der Waals surface area contributed by atoms with Gasteiger partial charge < -0.3 is 25.6 Å². The van der Waals surface area contributed by atoms with Crippen LogP contribution in [0.25, 0.3) is 10.9 Å². The van der Waals surface area contributed by atoms with E-state index in [0.29, 0.717) is 41.5 Å². The standard InChI is InChI=1S/C26H32F2N6O2/c1-15-4-5-22(26(2,28)14-15)32-23-17-12-18(27)21(36-3)13-20(17)31-25(33-23)34-10-7-16(8-11-34)30-24(35)19-6-9-29-19/h4-5,12-13,16,19,29H,6-11,14H2,1-3H3,(H,30,35)(H,31,32,33). The number of aromatic nitrogens is 2. The Morgan fingerprint density at radius 1 is 1.22 bits per heavy atom. The summed E-state index contributed by atoms with van der Waals surface area (Å²) in [5.74, 6) is 0.397. The van der Waals surface area contributed by atoms with E-state index in [0.717, 1.165) is 31.4 Å². The Hall–Kier alpha value is -3.27. The van der Waals surface area contributed by atoms with E-state index in [-0.39, 0.29) is 30.2 Å². The fraction of sp³-hybridized carbons (Fsp3) is 0.500. The highest BCUT2D eigenvalue weighted by molar-refractivity contribution is 5.92. The summed E-state index contributed by atoms with van der Waals surface area (Å²) in [5.41, 5.74) is 0.197. The van der Waals surface area contributed by atoms with Gasteiger partial charge in [-0.05, 0) is 51.8 Å². The number of nitrogens with one attached hydrogen (secondary N) is 3. The van der Waals surface area contributed by atoms with Crippen molar-refractivity contribution in [1.82, 2.24) is 20.6 Å². The molecule has 2 fully saturated rings. The van der Waals surface area contributed by atoms with E-state index >= 15 is 4.39 Å². The van der Waals surface area contributed by atoms with Crippen LogP contribution in [0.1, 0.15) is 39.5 Å². The molecule has 0 radical (unpaired) electrons. The number of anilines is 2. The van der Waals surface area contributed by atoms with E-state index in [4.69, 9.17) is 14.7 Å². The molecule has 0 saturated carbocycles. The van der Waals surface area contributed by atoms with Crippen molar-refractivity contribution in [2.24, 2.45) is 0 Å². The Balaban J connectivity index is 1.42. The lowest BCUT2D eigenvalue weighted by atomic mass is 9.90. The third kappa shape index (κ3) is 4.86. The van der Waals surface area contributed by atoms with Crippen LogP contribution in [-0.4, -0.2) is 60.4 Å². The Morgan fingerprint density at radius 2 is 1.97 bits per heavy atom. The minimum absolute atomic E-state index is 0.0570. The molecule has 2 aliphatic heterocycles. The van der Waals surface area contributed by atoms with Gasteiger partial charge in [0.2, 0.25) is 11.9 Å². The molecule has 5 rings (SSSR count). The van der Waals surface area contributed by atoms with Crippen LogP contribution in [0, 0.1) is 5.82 Å². The highest BCUT2D eigenvalue weighted by atomic mass is 19.1.